The molecule has 40 heteroatoms. The summed E-state index contributed by atoms with van der Waals surface area (Å²) in [7, 11) is -8.27. The third kappa shape index (κ3) is 29.1. The number of carbonyl (C=O) groups is 3. The van der Waals surface area contributed by atoms with Gasteiger partial charge in [0, 0.05) is 155 Å². The number of carbonyl (C=O) groups excluding carboxylic acids is 2. The maximum atomic E-state index is 13.2. The number of hydrogen-bond donors (Lipinski definition) is 5. The molecule has 6 heterocycles. The fourth-order valence-corrected chi connectivity index (χ4v) is 16.0. The van der Waals surface area contributed by atoms with Crippen molar-refractivity contribution in [1.82, 2.24) is 42.8 Å². The molecule has 3 aromatic heterocycles. The maximum absolute atomic E-state index is 13.2. The predicted octanol–water partition coefficient (Wildman–Crippen LogP) is 7.15. The summed E-state index contributed by atoms with van der Waals surface area (Å²) in [4.78, 5) is 65.6. The van der Waals surface area contributed by atoms with Crippen LogP contribution in [0.5, 0.6) is 17.2 Å². The molecule has 3 saturated heterocycles. The molecule has 0 atom stereocenters. The van der Waals surface area contributed by atoms with Gasteiger partial charge < -0.3 is 70.8 Å². The van der Waals surface area contributed by atoms with Crippen molar-refractivity contribution in [1.29, 1.82) is 0 Å². The van der Waals surface area contributed by atoms with Gasteiger partial charge in [-0.3, -0.25) is 14.4 Å². The van der Waals surface area contributed by atoms with Crippen molar-refractivity contribution >= 4 is 116 Å². The number of rotatable bonds is 28. The van der Waals surface area contributed by atoms with Gasteiger partial charge in [0.05, 0.1) is 42.1 Å². The summed E-state index contributed by atoms with van der Waals surface area (Å²) in [6, 6.07) is 41.2. The van der Waals surface area contributed by atoms with Crippen LogP contribution in [0.2, 0.25) is 0 Å². The van der Waals surface area contributed by atoms with Gasteiger partial charge in [-0.1, -0.05) is 15.9 Å². The number of aromatic nitrogens is 6. The Balaban J connectivity index is 0.000000258. The number of sulfonamides is 3. The normalized spacial score (nSPS) is 13.8. The number of aryl methyl sites for hydroxylation is 3. The van der Waals surface area contributed by atoms with E-state index in [1.54, 1.807) is 78.9 Å². The number of carboxylic acid groups (broad SMARTS) is 1. The van der Waals surface area contributed by atoms with Crippen molar-refractivity contribution in [2.24, 2.45) is 0 Å². The number of nitrogens with one attached hydrogen (secondary N) is 3. The van der Waals surface area contributed by atoms with Crippen LogP contribution < -0.4 is 59.0 Å². The minimum absolute atomic E-state index is 0. The van der Waals surface area contributed by atoms with E-state index in [4.69, 9.17) is 14.6 Å². The SMILES string of the molecule is COC(=O)CCCBr.COC(=O)CCCOc1ccc(S(=O)(=O)N2CCN(c3nc(C)cc(Nc4ccc(F)cc4)n3)CC2)cc1.Cc1cc(Nc2ccc(F)cc2)nc(N2CCN(S(=O)(=O)c3ccc(O)cc3)CC2)n1.Cc1cc(Nc2ccc(F)cc2)nc(N2CCN(S(=O)(=O)c3ccc(OCCCC(=O)O)cc3)CC2)n1.O.[Li+].[OH-]. The number of anilines is 9. The number of carboxylic acids is 1. The minimum atomic E-state index is -3.69. The third-order valence-corrected chi connectivity index (χ3v) is 23.7. The molecule has 0 amide bonds. The largest absolute Gasteiger partial charge is 1.00 e. The van der Waals surface area contributed by atoms with Crippen LogP contribution in [0, 0.1) is 38.2 Å². The van der Waals surface area contributed by atoms with Crippen LogP contribution in [0.1, 0.15) is 55.6 Å². The van der Waals surface area contributed by atoms with Gasteiger partial charge in [-0.05, 0) is 186 Å². The Labute approximate surface area is 697 Å². The van der Waals surface area contributed by atoms with Crippen molar-refractivity contribution in [3.05, 3.63) is 198 Å². The number of phenols is 1. The third-order valence-electron chi connectivity index (χ3n) is 17.4. The van der Waals surface area contributed by atoms with Crippen molar-refractivity contribution in [2.45, 2.75) is 74.0 Å². The van der Waals surface area contributed by atoms with E-state index >= 15 is 0 Å². The first-order valence-corrected chi connectivity index (χ1v) is 41.6. The van der Waals surface area contributed by atoms with Crippen LogP contribution in [-0.2, 0) is 53.9 Å². The zero-order valence-corrected chi connectivity index (χ0v) is 69.2. The molecule has 0 aliphatic carbocycles. The van der Waals surface area contributed by atoms with Crippen molar-refractivity contribution in [2.75, 3.05) is 142 Å². The van der Waals surface area contributed by atoms with Crippen LogP contribution in [-0.4, -0.2) is 218 Å². The van der Waals surface area contributed by atoms with Gasteiger partial charge in [0.1, 0.15) is 52.2 Å². The average molecular weight is 1740 g/mol. The van der Waals surface area contributed by atoms with Gasteiger partial charge in [0.15, 0.2) is 0 Å². The number of aliphatic carboxylic acids is 1. The Hall–Kier alpha value is -10.3. The summed E-state index contributed by atoms with van der Waals surface area (Å²) < 4.78 is 142. The molecule has 117 heavy (non-hydrogen) atoms. The van der Waals surface area contributed by atoms with Crippen LogP contribution in [0.4, 0.5) is 65.5 Å². The summed E-state index contributed by atoms with van der Waals surface area (Å²) >= 11 is 3.20. The summed E-state index contributed by atoms with van der Waals surface area (Å²) in [5.74, 6) is 1.96. The standard InChI is InChI=1S/C26H30FN5O5S.C25H28FN5O5S.C21H22FN5O3S.C5H9BrO2.Li.2H2O/c1-19-18-24(29-21-7-5-20(27)6-8-21)30-26(28-19)31-13-15-32(16-14-31)38(34,35)23-11-9-22(10-12-23)37-17-3-4-25(33)36-2;1-18-17-23(28-20-6-4-19(26)5-7-20)29-25(27-18)30-12-14-31(15-13-30)37(34,35)22-10-8-21(9-11-22)36-16-2-3-24(32)33;1-15-14-20(24-17-4-2-16(22)3-5-17)25-21(23-15)26-10-12-27(13-11-26)31(29,30)19-8-6-18(28)7-9-19;1-8-5(7)3-2-4-6;;;/h5-12,18H,3-4,13-17H2,1-2H3,(H,28,29,30);4-11,17H,2-3,12-16H2,1H3,(H,32,33)(H,27,28,29);2-9,14,28H,10-13H2,1H3,(H,23,24,25);2-4H2,1H3;;2*1H2/q;;;;+1;;/p-1. The molecule has 0 spiro atoms. The zero-order valence-electron chi connectivity index (χ0n) is 65.2. The molecule has 0 bridgehead atoms. The zero-order chi connectivity index (χ0) is 82.0. The predicted molar refractivity (Wildman–Crippen MR) is 433 cm³/mol. The van der Waals surface area contributed by atoms with E-state index in [9.17, 15) is 57.9 Å². The van der Waals surface area contributed by atoms with E-state index in [1.165, 1.54) is 112 Å². The fourth-order valence-electron chi connectivity index (χ4n) is 11.4. The molecule has 3 aliphatic heterocycles. The second-order valence-electron chi connectivity index (χ2n) is 25.8. The average Bonchev–Trinajstić information content (AvgIpc) is 0.803. The molecular formula is C77H92BrF3LiN15O17S3. The number of phenolic OH excluding ortho intramolecular Hbond substituents is 1. The first kappa shape index (κ1) is 95.5. The maximum Gasteiger partial charge on any atom is 1.00 e. The molecule has 0 unspecified atom stereocenters. The molecule has 6 aromatic carbocycles. The molecule has 3 fully saturated rings. The Morgan fingerprint density at radius 3 is 0.974 bits per heavy atom. The van der Waals surface area contributed by atoms with Crippen molar-refractivity contribution in [3.63, 3.8) is 0 Å². The Kier molecular flexibility index (Phi) is 37.6. The molecule has 3 aliphatic rings. The van der Waals surface area contributed by atoms with Crippen LogP contribution in [0.25, 0.3) is 0 Å². The number of methoxy groups -OCH3 is 2. The topological polar surface area (TPSA) is 425 Å². The number of aromatic hydroxyl groups is 1. The van der Waals surface area contributed by atoms with E-state index in [0.29, 0.717) is 142 Å². The number of hydrogen-bond acceptors (Lipinski definition) is 27. The van der Waals surface area contributed by atoms with E-state index in [2.05, 4.69) is 71.3 Å². The minimum Gasteiger partial charge on any atom is -0.870 e. The van der Waals surface area contributed by atoms with Gasteiger partial charge in [-0.15, -0.1) is 0 Å². The Morgan fingerprint density at radius 2 is 0.701 bits per heavy atom. The van der Waals surface area contributed by atoms with Crippen LogP contribution >= 0.6 is 15.9 Å². The number of alkyl halides is 1. The summed E-state index contributed by atoms with van der Waals surface area (Å²) in [5.41, 5.74) is 4.35. The molecule has 0 radical (unpaired) electrons. The second-order valence-corrected chi connectivity index (χ2v) is 32.4. The number of ether oxygens (including phenoxy) is 4. The second kappa shape index (κ2) is 46.0. The molecular weight excluding hydrogens is 1650 g/mol. The van der Waals surface area contributed by atoms with Gasteiger partial charge in [0.25, 0.3) is 0 Å². The molecule has 9 aromatic rings. The molecule has 0 saturated carbocycles. The van der Waals surface area contributed by atoms with Gasteiger partial charge in [-0.2, -0.15) is 27.9 Å². The monoisotopic (exact) mass is 1740 g/mol. The molecule has 624 valence electrons. The van der Waals surface area contributed by atoms with Gasteiger partial charge in [0.2, 0.25) is 47.9 Å². The van der Waals surface area contributed by atoms with E-state index in [0.717, 1.165) is 28.8 Å². The first-order chi connectivity index (χ1) is 54.6. The van der Waals surface area contributed by atoms with E-state index in [1.807, 2.05) is 35.5 Å². The summed E-state index contributed by atoms with van der Waals surface area (Å²) in [6.45, 7) is 10.4. The van der Waals surface area contributed by atoms with Crippen molar-refractivity contribution in [3.8, 4) is 17.2 Å². The Bertz CT molecular complexity index is 5020. The van der Waals surface area contributed by atoms with Gasteiger partial charge >= 0.3 is 36.8 Å². The smallest absolute Gasteiger partial charge is 0.870 e. The van der Waals surface area contributed by atoms with Crippen molar-refractivity contribution < 1.29 is 112 Å². The molecule has 8 N–H and O–H groups in total. The quantitative estimate of drug-likeness (QED) is 0.0140. The van der Waals surface area contributed by atoms with Crippen LogP contribution in [0.15, 0.2) is 178 Å². The molecule has 12 rings (SSSR count). The number of nitrogens with zero attached hydrogens (tertiary/aromatic N) is 12. The molecule has 32 nitrogen and oxygen atoms in total. The number of piperazine rings is 3. The summed E-state index contributed by atoms with van der Waals surface area (Å²) in [5, 5.41) is 28.4. The number of halogens is 4. The number of benzene rings is 6. The fraction of sp³-hybridized carbons (Fsp3) is 0.338. The van der Waals surface area contributed by atoms with Gasteiger partial charge in [-0.25, -0.2) is 53.4 Å². The Morgan fingerprint density at radius 1 is 0.427 bits per heavy atom. The summed E-state index contributed by atoms with van der Waals surface area (Å²) in [6.07, 6.45) is 2.51. The first-order valence-electron chi connectivity index (χ1n) is 36.1. The van der Waals surface area contributed by atoms with Crippen LogP contribution in [0.3, 0.4) is 0 Å². The van der Waals surface area contributed by atoms with E-state index < -0.39 is 36.0 Å². The number of esters is 2. The van der Waals surface area contributed by atoms with E-state index in [-0.39, 0.29) is 125 Å².